The molecule has 0 radical (unpaired) electrons. The lowest BCUT2D eigenvalue weighted by Gasteiger charge is -1.92. The van der Waals surface area contributed by atoms with Crippen molar-refractivity contribution in [2.75, 3.05) is 0 Å². The molecule has 0 aliphatic carbocycles. The third-order valence-corrected chi connectivity index (χ3v) is 5.15. The van der Waals surface area contributed by atoms with E-state index in [-0.39, 0.29) is 0 Å². The number of aryl methyl sites for hydroxylation is 1. The molecule has 0 atom stereocenters. The monoisotopic (exact) mass is 286 g/mol. The van der Waals surface area contributed by atoms with Gasteiger partial charge in [0.15, 0.2) is 4.34 Å². The number of nitrogens with zero attached hydrogens (tertiary/aromatic N) is 2. The smallest absolute Gasteiger partial charge is 0.345 e. The maximum atomic E-state index is 10.7. The van der Waals surface area contributed by atoms with Gasteiger partial charge in [0, 0.05) is 17.1 Å². The number of hydrogen-bond acceptors (Lipinski definition) is 6. The van der Waals surface area contributed by atoms with Crippen molar-refractivity contribution < 1.29 is 9.90 Å². The molecular formula is C10H10N2O2S3. The molecular weight excluding hydrogens is 276 g/mol. The minimum absolute atomic E-state index is 0.382. The van der Waals surface area contributed by atoms with Gasteiger partial charge in [0.2, 0.25) is 0 Å². The van der Waals surface area contributed by atoms with Crippen LogP contribution >= 0.6 is 34.6 Å². The number of hydrogen-bond donors (Lipinski definition) is 1. The van der Waals surface area contributed by atoms with Crippen molar-refractivity contribution in [1.29, 1.82) is 0 Å². The number of carboxylic acid groups (broad SMARTS) is 1. The van der Waals surface area contributed by atoms with Crippen LogP contribution < -0.4 is 0 Å². The molecule has 90 valence electrons. The zero-order valence-electron chi connectivity index (χ0n) is 9.04. The maximum absolute atomic E-state index is 10.7. The molecule has 7 heteroatoms. The van der Waals surface area contributed by atoms with Crippen LogP contribution in [0.15, 0.2) is 16.5 Å². The minimum atomic E-state index is -0.865. The van der Waals surface area contributed by atoms with Crippen LogP contribution in [0.2, 0.25) is 0 Å². The normalized spacial score (nSPS) is 10.6. The first-order valence-corrected chi connectivity index (χ1v) is 7.54. The fraction of sp³-hybridized carbons (Fsp3) is 0.300. The second kappa shape index (κ2) is 5.61. The van der Waals surface area contributed by atoms with Crippen molar-refractivity contribution in [3.63, 3.8) is 0 Å². The van der Waals surface area contributed by atoms with Gasteiger partial charge in [0.05, 0.1) is 0 Å². The second-order valence-corrected chi connectivity index (χ2v) is 6.33. The van der Waals surface area contributed by atoms with E-state index in [1.165, 1.54) is 22.9 Å². The standard InChI is InChI=1S/C10H10N2O2S3/c1-2-8-11-10(17-12-8)15-5-6-3-4-7(16-6)9(13)14/h3-4H,2,5H2,1H3,(H,13,14). The van der Waals surface area contributed by atoms with Crippen LogP contribution in [0.25, 0.3) is 0 Å². The number of aromatic nitrogens is 2. The molecule has 0 fully saturated rings. The van der Waals surface area contributed by atoms with E-state index in [4.69, 9.17) is 5.11 Å². The molecule has 0 aliphatic rings. The SMILES string of the molecule is CCc1nsc(SCc2ccc(C(=O)O)s2)n1. The van der Waals surface area contributed by atoms with Crippen molar-refractivity contribution in [3.8, 4) is 0 Å². The lowest BCUT2D eigenvalue weighted by molar-refractivity contribution is 0.0702. The molecule has 0 saturated carbocycles. The molecule has 2 aromatic heterocycles. The quantitative estimate of drug-likeness (QED) is 0.855. The predicted molar refractivity (Wildman–Crippen MR) is 70.1 cm³/mol. The summed E-state index contributed by atoms with van der Waals surface area (Å²) in [6.07, 6.45) is 0.846. The number of rotatable bonds is 5. The van der Waals surface area contributed by atoms with Crippen LogP contribution in [0.3, 0.4) is 0 Å². The molecule has 0 aromatic carbocycles. The highest BCUT2D eigenvalue weighted by atomic mass is 32.2. The third kappa shape index (κ3) is 3.27. The number of carbonyl (C=O) groups is 1. The molecule has 2 heterocycles. The summed E-state index contributed by atoms with van der Waals surface area (Å²) >= 11 is 4.30. The average molecular weight is 286 g/mol. The first-order valence-electron chi connectivity index (χ1n) is 4.96. The van der Waals surface area contributed by atoms with Gasteiger partial charge in [-0.2, -0.15) is 4.37 Å². The Bertz CT molecular complexity index is 521. The highest BCUT2D eigenvalue weighted by molar-refractivity contribution is 8.00. The summed E-state index contributed by atoms with van der Waals surface area (Å²) in [6.45, 7) is 2.02. The number of carboxylic acids is 1. The Kier molecular flexibility index (Phi) is 4.14. The van der Waals surface area contributed by atoms with Crippen LogP contribution in [0.4, 0.5) is 0 Å². The molecule has 2 rings (SSSR count). The molecule has 0 bridgehead atoms. The van der Waals surface area contributed by atoms with Crippen LogP contribution in [0, 0.1) is 0 Å². The first kappa shape index (κ1) is 12.5. The molecule has 0 saturated heterocycles. The largest absolute Gasteiger partial charge is 0.477 e. The summed E-state index contributed by atoms with van der Waals surface area (Å²) in [4.78, 5) is 16.5. The van der Waals surface area contributed by atoms with E-state index >= 15 is 0 Å². The van der Waals surface area contributed by atoms with Gasteiger partial charge in [0.25, 0.3) is 0 Å². The maximum Gasteiger partial charge on any atom is 0.345 e. The van der Waals surface area contributed by atoms with Crippen LogP contribution in [0.1, 0.15) is 27.3 Å². The highest BCUT2D eigenvalue weighted by Gasteiger charge is 2.08. The topological polar surface area (TPSA) is 63.1 Å². The lowest BCUT2D eigenvalue weighted by atomic mass is 10.4. The number of thiophene rings is 1. The van der Waals surface area contributed by atoms with Gasteiger partial charge in [-0.3, -0.25) is 0 Å². The number of thioether (sulfide) groups is 1. The molecule has 0 unspecified atom stereocenters. The van der Waals surface area contributed by atoms with E-state index in [9.17, 15) is 4.79 Å². The molecule has 4 nitrogen and oxygen atoms in total. The highest BCUT2D eigenvalue weighted by Crippen LogP contribution is 2.28. The Morgan fingerprint density at radius 1 is 1.53 bits per heavy atom. The summed E-state index contributed by atoms with van der Waals surface area (Å²) in [6, 6.07) is 3.49. The molecule has 0 spiro atoms. The van der Waals surface area contributed by atoms with Gasteiger partial charge in [0.1, 0.15) is 10.7 Å². The molecule has 1 N–H and O–H groups in total. The van der Waals surface area contributed by atoms with Gasteiger partial charge in [-0.05, 0) is 23.7 Å². The molecule has 2 aromatic rings. The number of aromatic carboxylic acids is 1. The van der Waals surface area contributed by atoms with E-state index in [2.05, 4.69) is 9.36 Å². The van der Waals surface area contributed by atoms with Crippen molar-refractivity contribution in [2.24, 2.45) is 0 Å². The Balaban J connectivity index is 1.94. The van der Waals surface area contributed by atoms with Gasteiger partial charge < -0.3 is 5.11 Å². The van der Waals surface area contributed by atoms with Crippen molar-refractivity contribution in [2.45, 2.75) is 23.4 Å². The predicted octanol–water partition coefficient (Wildman–Crippen LogP) is 3.15. The Labute approximate surface area is 111 Å². The van der Waals surface area contributed by atoms with E-state index in [1.54, 1.807) is 17.8 Å². The van der Waals surface area contributed by atoms with Gasteiger partial charge in [-0.1, -0.05) is 18.7 Å². The Hall–Kier alpha value is -0.920. The summed E-state index contributed by atoms with van der Waals surface area (Å²) in [5.41, 5.74) is 0. The Morgan fingerprint density at radius 3 is 2.94 bits per heavy atom. The van der Waals surface area contributed by atoms with Crippen molar-refractivity contribution in [1.82, 2.24) is 9.36 Å². The summed E-state index contributed by atoms with van der Waals surface area (Å²) < 4.78 is 5.14. The van der Waals surface area contributed by atoms with Crippen LogP contribution in [-0.2, 0) is 12.2 Å². The zero-order chi connectivity index (χ0) is 12.3. The van der Waals surface area contributed by atoms with E-state index in [1.807, 2.05) is 13.0 Å². The van der Waals surface area contributed by atoms with Crippen molar-refractivity contribution in [3.05, 3.63) is 27.7 Å². The lowest BCUT2D eigenvalue weighted by Crippen LogP contribution is -1.89. The Morgan fingerprint density at radius 2 is 2.35 bits per heavy atom. The van der Waals surface area contributed by atoms with E-state index in [0.29, 0.717) is 4.88 Å². The van der Waals surface area contributed by atoms with E-state index < -0.39 is 5.97 Å². The van der Waals surface area contributed by atoms with Gasteiger partial charge >= 0.3 is 5.97 Å². The summed E-state index contributed by atoms with van der Waals surface area (Å²) in [7, 11) is 0. The zero-order valence-corrected chi connectivity index (χ0v) is 11.5. The average Bonchev–Trinajstić information content (AvgIpc) is 2.95. The van der Waals surface area contributed by atoms with Crippen LogP contribution in [0.5, 0.6) is 0 Å². The van der Waals surface area contributed by atoms with Crippen molar-refractivity contribution >= 4 is 40.6 Å². The second-order valence-electron chi connectivity index (χ2n) is 3.19. The fourth-order valence-electron chi connectivity index (χ4n) is 1.14. The first-order chi connectivity index (χ1) is 8.19. The van der Waals surface area contributed by atoms with Gasteiger partial charge in [-0.15, -0.1) is 11.3 Å². The third-order valence-electron chi connectivity index (χ3n) is 1.98. The summed E-state index contributed by atoms with van der Waals surface area (Å²) in [5, 5.41) is 8.80. The molecule has 17 heavy (non-hydrogen) atoms. The molecule has 0 aliphatic heterocycles. The van der Waals surface area contributed by atoms with Gasteiger partial charge in [-0.25, -0.2) is 9.78 Å². The van der Waals surface area contributed by atoms with E-state index in [0.717, 1.165) is 27.2 Å². The minimum Gasteiger partial charge on any atom is -0.477 e. The summed E-state index contributed by atoms with van der Waals surface area (Å²) in [5.74, 6) is 0.751. The fourth-order valence-corrected chi connectivity index (χ4v) is 3.73. The van der Waals surface area contributed by atoms with Crippen LogP contribution in [-0.4, -0.2) is 20.4 Å². The molecule has 0 amide bonds.